The standard InChI is InChI=1S/C29H35N3O2S/c1-22-13-14-28-29(23(22)2)32(25-11-6-7-12-27(25)35(28)34)16-8-15-30-17-19-31(20-18-30)26(21-33)24-9-4-3-5-10-24/h3-7,9-14,26,33H,8,15-21H2,1-2H3. The van der Waals surface area contributed by atoms with E-state index in [1.807, 2.05) is 42.5 Å². The number of nitrogens with zero attached hydrogens (tertiary/aromatic N) is 3. The fourth-order valence-electron chi connectivity index (χ4n) is 5.43. The Morgan fingerprint density at radius 3 is 2.31 bits per heavy atom. The summed E-state index contributed by atoms with van der Waals surface area (Å²) in [6.07, 6.45) is 1.04. The van der Waals surface area contributed by atoms with Crippen molar-refractivity contribution in [2.24, 2.45) is 0 Å². The first-order chi connectivity index (χ1) is 17.1. The Labute approximate surface area is 211 Å². The molecule has 1 N–H and O–H groups in total. The summed E-state index contributed by atoms with van der Waals surface area (Å²) in [5, 5.41) is 10.0. The van der Waals surface area contributed by atoms with Gasteiger partial charge < -0.3 is 14.9 Å². The number of piperazine rings is 1. The quantitative estimate of drug-likeness (QED) is 0.523. The van der Waals surface area contributed by atoms with E-state index in [9.17, 15) is 9.32 Å². The number of hydrogen-bond donors (Lipinski definition) is 1. The van der Waals surface area contributed by atoms with Crippen molar-refractivity contribution in [2.45, 2.75) is 36.1 Å². The predicted molar refractivity (Wildman–Crippen MR) is 143 cm³/mol. The van der Waals surface area contributed by atoms with Crippen molar-refractivity contribution >= 4 is 22.2 Å². The molecule has 0 radical (unpaired) electrons. The molecule has 3 aromatic rings. The molecule has 0 aromatic heterocycles. The molecule has 0 bridgehead atoms. The van der Waals surface area contributed by atoms with Crippen LogP contribution in [0.25, 0.3) is 0 Å². The molecule has 2 heterocycles. The van der Waals surface area contributed by atoms with E-state index in [1.165, 1.54) is 16.7 Å². The molecule has 2 unspecified atom stereocenters. The molecular formula is C29H35N3O2S. The first kappa shape index (κ1) is 24.2. The van der Waals surface area contributed by atoms with Crippen LogP contribution in [0.15, 0.2) is 76.5 Å². The van der Waals surface area contributed by atoms with Crippen molar-refractivity contribution in [3.63, 3.8) is 0 Å². The van der Waals surface area contributed by atoms with Gasteiger partial charge in [0.15, 0.2) is 0 Å². The van der Waals surface area contributed by atoms with E-state index in [0.717, 1.165) is 66.9 Å². The van der Waals surface area contributed by atoms with Gasteiger partial charge in [0.25, 0.3) is 0 Å². The SMILES string of the molecule is Cc1ccc2c(c1C)N(CCCN1CCN(C(CO)c3ccccc3)CC1)c1ccccc1S2=O. The lowest BCUT2D eigenvalue weighted by Gasteiger charge is -2.39. The van der Waals surface area contributed by atoms with E-state index < -0.39 is 10.8 Å². The molecule has 2 aliphatic rings. The summed E-state index contributed by atoms with van der Waals surface area (Å²) in [6.45, 7) is 10.3. The molecule has 2 aliphatic heterocycles. The van der Waals surface area contributed by atoms with Gasteiger partial charge in [-0.25, -0.2) is 4.21 Å². The average Bonchev–Trinajstić information content (AvgIpc) is 2.90. The van der Waals surface area contributed by atoms with Crippen LogP contribution < -0.4 is 4.90 Å². The second-order valence-corrected chi connectivity index (χ2v) is 11.0. The number of aliphatic hydroxyl groups excluding tert-OH is 1. The van der Waals surface area contributed by atoms with E-state index in [4.69, 9.17) is 0 Å². The lowest BCUT2D eigenvalue weighted by Crippen LogP contribution is -2.48. The third kappa shape index (κ3) is 4.81. The van der Waals surface area contributed by atoms with Crippen LogP contribution in [0.4, 0.5) is 11.4 Å². The monoisotopic (exact) mass is 489 g/mol. The Morgan fingerprint density at radius 1 is 0.857 bits per heavy atom. The predicted octanol–water partition coefficient (Wildman–Crippen LogP) is 4.66. The molecule has 0 spiro atoms. The van der Waals surface area contributed by atoms with Crippen LogP contribution in [-0.4, -0.2) is 65.0 Å². The van der Waals surface area contributed by atoms with Crippen molar-refractivity contribution in [3.8, 4) is 0 Å². The molecule has 0 aliphatic carbocycles. The topological polar surface area (TPSA) is 47.0 Å². The minimum Gasteiger partial charge on any atom is -0.394 e. The van der Waals surface area contributed by atoms with Crippen LogP contribution in [0.3, 0.4) is 0 Å². The van der Waals surface area contributed by atoms with Gasteiger partial charge in [0.05, 0.1) is 44.6 Å². The summed E-state index contributed by atoms with van der Waals surface area (Å²) < 4.78 is 13.3. The van der Waals surface area contributed by atoms with Crippen molar-refractivity contribution in [1.82, 2.24) is 9.80 Å². The summed E-state index contributed by atoms with van der Waals surface area (Å²) in [4.78, 5) is 9.17. The fraction of sp³-hybridized carbons (Fsp3) is 0.379. The molecule has 0 amide bonds. The number of aliphatic hydroxyl groups is 1. The Bertz CT molecular complexity index is 1190. The summed E-state index contributed by atoms with van der Waals surface area (Å²) in [5.74, 6) is 0. The molecule has 5 nitrogen and oxygen atoms in total. The van der Waals surface area contributed by atoms with E-state index in [-0.39, 0.29) is 12.6 Å². The number of benzene rings is 3. The van der Waals surface area contributed by atoms with Gasteiger partial charge in [-0.3, -0.25) is 4.90 Å². The number of aryl methyl sites for hydroxylation is 1. The number of fused-ring (bicyclic) bond motifs is 2. The van der Waals surface area contributed by atoms with E-state index in [1.54, 1.807) is 0 Å². The van der Waals surface area contributed by atoms with Crippen molar-refractivity contribution in [1.29, 1.82) is 0 Å². The normalized spacial score (nSPS) is 19.3. The first-order valence-electron chi connectivity index (χ1n) is 12.6. The van der Waals surface area contributed by atoms with E-state index >= 15 is 0 Å². The highest BCUT2D eigenvalue weighted by atomic mass is 32.2. The lowest BCUT2D eigenvalue weighted by molar-refractivity contribution is 0.0649. The highest BCUT2D eigenvalue weighted by Gasteiger charge is 2.30. The van der Waals surface area contributed by atoms with Crippen LogP contribution in [0.5, 0.6) is 0 Å². The Balaban J connectivity index is 1.24. The lowest BCUT2D eigenvalue weighted by atomic mass is 10.0. The van der Waals surface area contributed by atoms with Crippen LogP contribution >= 0.6 is 0 Å². The molecule has 184 valence electrons. The summed E-state index contributed by atoms with van der Waals surface area (Å²) in [6, 6.07) is 22.7. The second kappa shape index (κ2) is 10.6. The third-order valence-electron chi connectivity index (χ3n) is 7.55. The van der Waals surface area contributed by atoms with Crippen LogP contribution in [0.2, 0.25) is 0 Å². The number of para-hydroxylation sites is 1. The molecule has 2 atom stereocenters. The molecule has 35 heavy (non-hydrogen) atoms. The summed E-state index contributed by atoms with van der Waals surface area (Å²) in [7, 11) is -1.14. The molecule has 1 fully saturated rings. The zero-order chi connectivity index (χ0) is 24.4. The molecular weight excluding hydrogens is 454 g/mol. The smallest absolute Gasteiger partial charge is 0.0892 e. The Hall–Kier alpha value is -2.51. The largest absolute Gasteiger partial charge is 0.394 e. The Kier molecular flexibility index (Phi) is 7.35. The number of rotatable bonds is 7. The van der Waals surface area contributed by atoms with Gasteiger partial charge in [-0.1, -0.05) is 48.5 Å². The average molecular weight is 490 g/mol. The first-order valence-corrected chi connectivity index (χ1v) is 13.7. The zero-order valence-corrected chi connectivity index (χ0v) is 21.5. The van der Waals surface area contributed by atoms with E-state index in [2.05, 4.69) is 52.8 Å². The minimum atomic E-state index is -1.14. The van der Waals surface area contributed by atoms with Gasteiger partial charge in [0, 0.05) is 32.7 Å². The van der Waals surface area contributed by atoms with Crippen molar-refractivity contribution in [2.75, 3.05) is 50.8 Å². The maximum atomic E-state index is 13.3. The molecule has 0 saturated carbocycles. The van der Waals surface area contributed by atoms with Crippen molar-refractivity contribution < 1.29 is 9.32 Å². The molecule has 1 saturated heterocycles. The Morgan fingerprint density at radius 2 is 1.57 bits per heavy atom. The molecule has 5 rings (SSSR count). The minimum absolute atomic E-state index is 0.0757. The molecule has 6 heteroatoms. The van der Waals surface area contributed by atoms with Gasteiger partial charge in [-0.2, -0.15) is 0 Å². The van der Waals surface area contributed by atoms with Gasteiger partial charge >= 0.3 is 0 Å². The third-order valence-corrected chi connectivity index (χ3v) is 9.02. The highest BCUT2D eigenvalue weighted by Crippen LogP contribution is 2.44. The fourth-order valence-corrected chi connectivity index (χ4v) is 6.87. The summed E-state index contributed by atoms with van der Waals surface area (Å²) in [5.41, 5.74) is 5.84. The maximum absolute atomic E-state index is 13.3. The number of hydrogen-bond acceptors (Lipinski definition) is 5. The van der Waals surface area contributed by atoms with E-state index in [0.29, 0.717) is 0 Å². The van der Waals surface area contributed by atoms with Crippen LogP contribution in [-0.2, 0) is 10.8 Å². The highest BCUT2D eigenvalue weighted by molar-refractivity contribution is 7.85. The van der Waals surface area contributed by atoms with Crippen molar-refractivity contribution in [3.05, 3.63) is 83.4 Å². The second-order valence-electron chi connectivity index (χ2n) is 9.58. The maximum Gasteiger partial charge on any atom is 0.0892 e. The van der Waals surface area contributed by atoms with Crippen LogP contribution in [0.1, 0.15) is 29.2 Å². The van der Waals surface area contributed by atoms with Crippen LogP contribution in [0, 0.1) is 13.8 Å². The zero-order valence-electron chi connectivity index (χ0n) is 20.7. The summed E-state index contributed by atoms with van der Waals surface area (Å²) >= 11 is 0. The van der Waals surface area contributed by atoms with Gasteiger partial charge in [-0.15, -0.1) is 0 Å². The van der Waals surface area contributed by atoms with Gasteiger partial charge in [0.1, 0.15) is 0 Å². The van der Waals surface area contributed by atoms with Gasteiger partial charge in [-0.05, 0) is 61.7 Å². The molecule has 3 aromatic carbocycles. The number of anilines is 2. The van der Waals surface area contributed by atoms with Gasteiger partial charge in [0.2, 0.25) is 0 Å².